The molecule has 1 rings (SSSR count). The van der Waals surface area contributed by atoms with Gasteiger partial charge in [-0.1, -0.05) is 114 Å². The molecule has 26 heavy (non-hydrogen) atoms. The molecular weight excluding hydrogens is 339 g/mol. The maximum Gasteiger partial charge on any atom is 0.0715 e. The highest BCUT2D eigenvalue weighted by molar-refractivity contribution is 7.16. The van der Waals surface area contributed by atoms with Crippen molar-refractivity contribution in [2.75, 3.05) is 6.16 Å². The molecule has 1 aromatic rings. The topological polar surface area (TPSA) is 40.1 Å². The van der Waals surface area contributed by atoms with Crippen molar-refractivity contribution in [1.29, 1.82) is 0 Å². The van der Waals surface area contributed by atoms with Crippen LogP contribution in [0.5, 0.6) is 0 Å². The summed E-state index contributed by atoms with van der Waals surface area (Å²) in [5.74, 6) is -1.13. The fraction of sp³-hybridized carbons (Fsp3) is 0.696. The molecule has 0 saturated heterocycles. The number of carbonyl (C=O) groups is 1. The summed E-state index contributed by atoms with van der Waals surface area (Å²) in [7, 11) is 2.12. The van der Waals surface area contributed by atoms with E-state index >= 15 is 0 Å². The van der Waals surface area contributed by atoms with Crippen molar-refractivity contribution >= 4 is 15.2 Å². The van der Waals surface area contributed by atoms with Crippen molar-refractivity contribution in [3.8, 4) is 0 Å². The van der Waals surface area contributed by atoms with Crippen molar-refractivity contribution in [2.24, 2.45) is 0 Å². The van der Waals surface area contributed by atoms with Gasteiger partial charge in [-0.2, -0.15) is 0 Å². The SMILES string of the molecule is CCCCCCCCCCCCCCCC[PH3+].O=C([O-])c1ccccc1. The van der Waals surface area contributed by atoms with Gasteiger partial charge in [0.2, 0.25) is 0 Å². The van der Waals surface area contributed by atoms with Gasteiger partial charge in [-0.05, 0) is 27.6 Å². The summed E-state index contributed by atoms with van der Waals surface area (Å²) in [5, 5.41) is 10.1. The third-order valence-electron chi connectivity index (χ3n) is 4.61. The average molecular weight is 381 g/mol. The van der Waals surface area contributed by atoms with E-state index in [1.807, 2.05) is 0 Å². The van der Waals surface area contributed by atoms with E-state index in [2.05, 4.69) is 16.2 Å². The minimum atomic E-state index is -1.13. The highest BCUT2D eigenvalue weighted by Gasteiger charge is 1.93. The number of benzene rings is 1. The van der Waals surface area contributed by atoms with E-state index in [9.17, 15) is 9.90 Å². The smallest absolute Gasteiger partial charge is 0.0715 e. The molecule has 0 radical (unpaired) electrons. The van der Waals surface area contributed by atoms with E-state index in [0.29, 0.717) is 0 Å². The molecule has 1 atom stereocenters. The predicted octanol–water partition coefficient (Wildman–Crippen LogP) is 6.13. The first-order chi connectivity index (χ1) is 12.7. The zero-order chi connectivity index (χ0) is 19.3. The number of carbonyl (C=O) groups excluding carboxylic acids is 1. The van der Waals surface area contributed by atoms with E-state index < -0.39 is 5.97 Å². The molecule has 1 aromatic carbocycles. The van der Waals surface area contributed by atoms with E-state index in [1.165, 1.54) is 108 Å². The number of hydrogen-bond donors (Lipinski definition) is 0. The second-order valence-corrected chi connectivity index (χ2v) is 7.81. The fourth-order valence-electron chi connectivity index (χ4n) is 2.95. The quantitative estimate of drug-likeness (QED) is 0.271. The molecule has 0 aliphatic carbocycles. The monoisotopic (exact) mass is 380 g/mol. The van der Waals surface area contributed by atoms with Crippen LogP contribution in [-0.4, -0.2) is 12.1 Å². The molecule has 0 N–H and O–H groups in total. The molecule has 0 saturated carbocycles. The molecule has 0 aliphatic heterocycles. The van der Waals surface area contributed by atoms with Gasteiger partial charge in [0, 0.05) is 0 Å². The number of rotatable bonds is 15. The van der Waals surface area contributed by atoms with Crippen molar-refractivity contribution < 1.29 is 9.90 Å². The van der Waals surface area contributed by atoms with Crippen molar-refractivity contribution in [1.82, 2.24) is 0 Å². The van der Waals surface area contributed by atoms with Gasteiger partial charge in [0.25, 0.3) is 0 Å². The number of carboxylic acid groups (broad SMARTS) is 1. The van der Waals surface area contributed by atoms with Crippen LogP contribution in [0.25, 0.3) is 0 Å². The summed E-state index contributed by atoms with van der Waals surface area (Å²) in [6.45, 7) is 2.29. The molecule has 0 fully saturated rings. The molecule has 0 amide bonds. The van der Waals surface area contributed by atoms with Gasteiger partial charge in [0.15, 0.2) is 0 Å². The van der Waals surface area contributed by atoms with Crippen LogP contribution in [0.4, 0.5) is 0 Å². The Balaban J connectivity index is 0.000000577. The summed E-state index contributed by atoms with van der Waals surface area (Å²) in [6.07, 6.45) is 22.0. The van der Waals surface area contributed by atoms with Crippen LogP contribution in [-0.2, 0) is 0 Å². The predicted molar refractivity (Wildman–Crippen MR) is 117 cm³/mol. The molecule has 0 heterocycles. The molecule has 0 spiro atoms. The minimum absolute atomic E-state index is 0.220. The summed E-state index contributed by atoms with van der Waals surface area (Å²) in [5.41, 5.74) is 0.220. The number of hydrogen-bond acceptors (Lipinski definition) is 2. The van der Waals surface area contributed by atoms with Gasteiger partial charge >= 0.3 is 0 Å². The van der Waals surface area contributed by atoms with Crippen LogP contribution in [0.1, 0.15) is 107 Å². The molecule has 1 unspecified atom stereocenters. The van der Waals surface area contributed by atoms with E-state index in [-0.39, 0.29) is 5.56 Å². The van der Waals surface area contributed by atoms with Crippen LogP contribution >= 0.6 is 9.24 Å². The van der Waals surface area contributed by atoms with Crippen molar-refractivity contribution in [2.45, 2.75) is 96.8 Å². The Hall–Kier alpha value is -0.880. The zero-order valence-electron chi connectivity index (χ0n) is 17.0. The summed E-state index contributed by atoms with van der Waals surface area (Å²) in [6, 6.07) is 8.06. The normalized spacial score (nSPS) is 10.3. The standard InChI is InChI=1S/C16H35P.C7H6O2/c1-2-3-4-5-6-7-8-9-10-11-12-13-14-15-16-17;8-7(9)6-4-2-1-3-5-6/h2-17H2,1H3;1-5H,(H,8,9). The van der Waals surface area contributed by atoms with Gasteiger partial charge in [0.1, 0.15) is 0 Å². The maximum absolute atomic E-state index is 10.1. The molecular formula is C23H41O2P. The third-order valence-corrected chi connectivity index (χ3v) is 5.11. The van der Waals surface area contributed by atoms with Crippen LogP contribution < -0.4 is 5.11 Å². The zero-order valence-corrected chi connectivity index (χ0v) is 18.4. The number of carboxylic acids is 1. The highest BCUT2D eigenvalue weighted by Crippen LogP contribution is 2.13. The molecule has 150 valence electrons. The Morgan fingerprint density at radius 1 is 0.731 bits per heavy atom. The lowest BCUT2D eigenvalue weighted by Crippen LogP contribution is -2.21. The minimum Gasteiger partial charge on any atom is -0.545 e. The maximum atomic E-state index is 10.1. The van der Waals surface area contributed by atoms with Crippen molar-refractivity contribution in [3.63, 3.8) is 0 Å². The first kappa shape index (κ1) is 25.1. The van der Waals surface area contributed by atoms with Gasteiger partial charge < -0.3 is 9.90 Å². The lowest BCUT2D eigenvalue weighted by Gasteiger charge is -2.02. The second kappa shape index (κ2) is 20.4. The average Bonchev–Trinajstić information content (AvgIpc) is 2.67. The lowest BCUT2D eigenvalue weighted by atomic mass is 10.0. The third kappa shape index (κ3) is 17.9. The Labute approximate surface area is 164 Å². The summed E-state index contributed by atoms with van der Waals surface area (Å²) >= 11 is 0. The fourth-order valence-corrected chi connectivity index (χ4v) is 3.30. The Kier molecular flexibility index (Phi) is 19.7. The molecule has 0 aromatic heterocycles. The van der Waals surface area contributed by atoms with Gasteiger partial charge in [0.05, 0.1) is 12.1 Å². The van der Waals surface area contributed by atoms with Gasteiger partial charge in [-0.3, -0.25) is 0 Å². The summed E-state index contributed by atoms with van der Waals surface area (Å²) < 4.78 is 0. The first-order valence-corrected chi connectivity index (χ1v) is 11.8. The summed E-state index contributed by atoms with van der Waals surface area (Å²) in [4.78, 5) is 10.1. The van der Waals surface area contributed by atoms with Crippen LogP contribution in [0.2, 0.25) is 0 Å². The van der Waals surface area contributed by atoms with Crippen LogP contribution in [0, 0.1) is 0 Å². The molecule has 3 heteroatoms. The van der Waals surface area contributed by atoms with Crippen molar-refractivity contribution in [3.05, 3.63) is 35.9 Å². The number of unbranched alkanes of at least 4 members (excludes halogenated alkanes) is 13. The van der Waals surface area contributed by atoms with Crippen LogP contribution in [0.3, 0.4) is 0 Å². The lowest BCUT2D eigenvalue weighted by molar-refractivity contribution is -0.255. The highest BCUT2D eigenvalue weighted by atomic mass is 31.0. The van der Waals surface area contributed by atoms with Gasteiger partial charge in [-0.25, -0.2) is 0 Å². The second-order valence-electron chi connectivity index (χ2n) is 7.10. The Morgan fingerprint density at radius 2 is 1.12 bits per heavy atom. The van der Waals surface area contributed by atoms with E-state index in [4.69, 9.17) is 0 Å². The van der Waals surface area contributed by atoms with E-state index in [1.54, 1.807) is 18.2 Å². The molecule has 0 aliphatic rings. The molecule has 0 bridgehead atoms. The molecule has 2 nitrogen and oxygen atoms in total. The van der Waals surface area contributed by atoms with Crippen LogP contribution in [0.15, 0.2) is 30.3 Å². The Morgan fingerprint density at radius 3 is 1.42 bits per heavy atom. The van der Waals surface area contributed by atoms with Gasteiger partial charge in [-0.15, -0.1) is 0 Å². The van der Waals surface area contributed by atoms with E-state index in [0.717, 1.165) is 0 Å². The Bertz CT molecular complexity index is 392. The number of aromatic carboxylic acids is 1. The largest absolute Gasteiger partial charge is 0.545 e. The first-order valence-electron chi connectivity index (χ1n) is 10.8.